The lowest BCUT2D eigenvalue weighted by Gasteiger charge is -1.94. The number of ether oxygens (including phenoxy) is 1. The van der Waals surface area contributed by atoms with Crippen molar-refractivity contribution < 1.29 is 9.29 Å². The quantitative estimate of drug-likeness (QED) is 0.418. The molecule has 0 aromatic rings. The lowest BCUT2D eigenvalue weighted by Crippen LogP contribution is -2.05. The molecule has 7 heavy (non-hydrogen) atoms. The molecular weight excluding hydrogens is 112 g/mol. The van der Waals surface area contributed by atoms with E-state index in [-0.39, 0.29) is 6.10 Å². The average molecular weight is 119 g/mol. The fraction of sp³-hybridized carbons (Fsp3) is 0.750. The van der Waals surface area contributed by atoms with Gasteiger partial charge in [-0.3, -0.25) is 0 Å². The van der Waals surface area contributed by atoms with Crippen molar-refractivity contribution in [3.63, 3.8) is 0 Å². The molecule has 1 radical (unpaired) electrons. The van der Waals surface area contributed by atoms with Crippen LogP contribution in [0.15, 0.2) is 0 Å². The molecular formula is C4H7O2S. The second-order valence-electron chi connectivity index (χ2n) is 1.51. The molecule has 2 atom stereocenters. The molecule has 0 amide bonds. The van der Waals surface area contributed by atoms with E-state index in [4.69, 9.17) is 4.74 Å². The van der Waals surface area contributed by atoms with Crippen LogP contribution in [0, 0.1) is 6.92 Å². The van der Waals surface area contributed by atoms with Crippen molar-refractivity contribution in [3.05, 3.63) is 6.92 Å². The van der Waals surface area contributed by atoms with Crippen molar-refractivity contribution in [1.29, 1.82) is 0 Å². The summed E-state index contributed by atoms with van der Waals surface area (Å²) in [5.41, 5.74) is 0. The Bertz CT molecular complexity index is 58.7. The van der Waals surface area contributed by atoms with Crippen molar-refractivity contribution in [1.82, 2.24) is 0 Å². The van der Waals surface area contributed by atoms with Crippen LogP contribution in [0.4, 0.5) is 0 Å². The molecule has 0 aromatic heterocycles. The van der Waals surface area contributed by atoms with Crippen LogP contribution in [-0.4, -0.2) is 22.3 Å². The topological polar surface area (TPSA) is 32.3 Å². The molecule has 0 N–H and O–H groups in total. The van der Waals surface area contributed by atoms with Crippen LogP contribution in [0.2, 0.25) is 0 Å². The van der Waals surface area contributed by atoms with Crippen LogP contribution in [0.1, 0.15) is 0 Å². The molecule has 2 nitrogen and oxygen atoms in total. The largest absolute Gasteiger partial charge is 0.614 e. The van der Waals surface area contributed by atoms with E-state index in [9.17, 15) is 4.55 Å². The van der Waals surface area contributed by atoms with Gasteiger partial charge in [-0.05, 0) is 18.1 Å². The highest BCUT2D eigenvalue weighted by molar-refractivity contribution is 7.91. The Hall–Kier alpha value is 0.270. The van der Waals surface area contributed by atoms with Gasteiger partial charge < -0.3 is 9.29 Å². The summed E-state index contributed by atoms with van der Waals surface area (Å²) in [5.74, 6) is 0.994. The smallest absolute Gasteiger partial charge is 0.206 e. The van der Waals surface area contributed by atoms with Gasteiger partial charge in [0.1, 0.15) is 11.9 Å². The van der Waals surface area contributed by atoms with Gasteiger partial charge in [-0.2, -0.15) is 0 Å². The normalized spacial score (nSPS) is 42.0. The Kier molecular flexibility index (Phi) is 1.57. The second kappa shape index (κ2) is 2.03. The first-order valence-electron chi connectivity index (χ1n) is 2.08. The van der Waals surface area contributed by atoms with Crippen LogP contribution >= 0.6 is 0 Å². The number of hydrogen-bond acceptors (Lipinski definition) is 2. The minimum Gasteiger partial charge on any atom is -0.614 e. The molecule has 1 aliphatic heterocycles. The van der Waals surface area contributed by atoms with Crippen molar-refractivity contribution >= 4 is 11.2 Å². The third kappa shape index (κ3) is 1.33. The zero-order valence-corrected chi connectivity index (χ0v) is 4.74. The fourth-order valence-electron chi connectivity index (χ4n) is 0.476. The maximum absolute atomic E-state index is 10.4. The first-order valence-corrected chi connectivity index (χ1v) is 3.57. The summed E-state index contributed by atoms with van der Waals surface area (Å²) in [4.78, 5) is 0. The maximum atomic E-state index is 10.4. The molecule has 1 saturated heterocycles. The van der Waals surface area contributed by atoms with Crippen LogP contribution < -0.4 is 0 Å². The predicted molar refractivity (Wildman–Crippen MR) is 28.1 cm³/mol. The first kappa shape index (κ1) is 5.41. The van der Waals surface area contributed by atoms with Crippen molar-refractivity contribution in [2.45, 2.75) is 6.10 Å². The van der Waals surface area contributed by atoms with Gasteiger partial charge in [0.05, 0.1) is 0 Å². The highest BCUT2D eigenvalue weighted by Crippen LogP contribution is 2.07. The Morgan fingerprint density at radius 1 is 1.86 bits per heavy atom. The monoisotopic (exact) mass is 119 g/mol. The lowest BCUT2D eigenvalue weighted by molar-refractivity contribution is 0.157. The molecule has 0 aliphatic carbocycles. The van der Waals surface area contributed by atoms with Gasteiger partial charge in [-0.25, -0.2) is 0 Å². The van der Waals surface area contributed by atoms with E-state index < -0.39 is 11.2 Å². The minimum atomic E-state index is -0.738. The van der Waals surface area contributed by atoms with Gasteiger partial charge >= 0.3 is 0 Å². The number of rotatable bonds is 0. The third-order valence-corrected chi connectivity index (χ3v) is 1.95. The molecule has 1 heterocycles. The SMILES string of the molecule is [CH2]C1C[S+]([O-])CO1. The average Bonchev–Trinajstić information content (AvgIpc) is 1.87. The standard InChI is InChI=1S/C4H7O2S/c1-4-2-7(5)3-6-4/h4H,1-3H2. The van der Waals surface area contributed by atoms with E-state index in [1.54, 1.807) is 0 Å². The molecule has 1 aliphatic rings. The summed E-state index contributed by atoms with van der Waals surface area (Å²) in [6.45, 7) is 3.57. The highest BCUT2D eigenvalue weighted by atomic mass is 32.2. The molecule has 0 aromatic carbocycles. The molecule has 0 saturated carbocycles. The van der Waals surface area contributed by atoms with E-state index >= 15 is 0 Å². The molecule has 0 bridgehead atoms. The van der Waals surface area contributed by atoms with Crippen LogP contribution in [0.3, 0.4) is 0 Å². The molecule has 1 fully saturated rings. The maximum Gasteiger partial charge on any atom is 0.206 e. The molecule has 41 valence electrons. The van der Waals surface area contributed by atoms with Crippen LogP contribution in [-0.2, 0) is 15.9 Å². The molecule has 0 spiro atoms. The summed E-state index contributed by atoms with van der Waals surface area (Å²) in [7, 11) is 0. The Balaban J connectivity index is 2.26. The Morgan fingerprint density at radius 2 is 2.57 bits per heavy atom. The summed E-state index contributed by atoms with van der Waals surface area (Å²) >= 11 is -0.738. The fourth-order valence-corrected chi connectivity index (χ4v) is 1.43. The van der Waals surface area contributed by atoms with Crippen molar-refractivity contribution in [3.8, 4) is 0 Å². The van der Waals surface area contributed by atoms with E-state index in [1.165, 1.54) is 0 Å². The summed E-state index contributed by atoms with van der Waals surface area (Å²) in [6, 6.07) is 0. The van der Waals surface area contributed by atoms with E-state index in [1.807, 2.05) is 0 Å². The molecule has 1 rings (SSSR count). The van der Waals surface area contributed by atoms with Gasteiger partial charge in [0.2, 0.25) is 5.94 Å². The van der Waals surface area contributed by atoms with E-state index in [0.29, 0.717) is 11.7 Å². The first-order chi connectivity index (χ1) is 3.29. The van der Waals surface area contributed by atoms with E-state index in [2.05, 4.69) is 6.92 Å². The second-order valence-corrected chi connectivity index (χ2v) is 2.96. The lowest BCUT2D eigenvalue weighted by atomic mass is 10.5. The van der Waals surface area contributed by atoms with Gasteiger partial charge in [0.25, 0.3) is 0 Å². The molecule has 2 unspecified atom stereocenters. The third-order valence-electron chi connectivity index (χ3n) is 0.807. The zero-order chi connectivity index (χ0) is 5.28. The minimum absolute atomic E-state index is 0.0270. The Morgan fingerprint density at radius 3 is 2.71 bits per heavy atom. The summed E-state index contributed by atoms with van der Waals surface area (Å²) in [5, 5.41) is 0. The Labute approximate surface area is 46.0 Å². The zero-order valence-electron chi connectivity index (χ0n) is 3.92. The van der Waals surface area contributed by atoms with Gasteiger partial charge in [-0.15, -0.1) is 0 Å². The van der Waals surface area contributed by atoms with Gasteiger partial charge in [0.15, 0.2) is 0 Å². The van der Waals surface area contributed by atoms with Crippen molar-refractivity contribution in [2.75, 3.05) is 11.7 Å². The predicted octanol–water partition coefficient (Wildman–Crippen LogP) is -0.0745. The van der Waals surface area contributed by atoms with Crippen molar-refractivity contribution in [2.24, 2.45) is 0 Å². The van der Waals surface area contributed by atoms with Gasteiger partial charge in [0, 0.05) is 0 Å². The van der Waals surface area contributed by atoms with Crippen LogP contribution in [0.5, 0.6) is 0 Å². The number of hydrogen-bond donors (Lipinski definition) is 0. The van der Waals surface area contributed by atoms with Crippen LogP contribution in [0.25, 0.3) is 0 Å². The highest BCUT2D eigenvalue weighted by Gasteiger charge is 2.21. The van der Waals surface area contributed by atoms with E-state index in [0.717, 1.165) is 0 Å². The summed E-state index contributed by atoms with van der Waals surface area (Å²) < 4.78 is 15.3. The summed E-state index contributed by atoms with van der Waals surface area (Å²) in [6.07, 6.45) is -0.0270. The van der Waals surface area contributed by atoms with Gasteiger partial charge in [-0.1, -0.05) is 0 Å². The molecule has 3 heteroatoms.